The minimum Gasteiger partial charge on any atom is -0.444 e. The average molecular weight is 1110 g/mol. The van der Waals surface area contributed by atoms with E-state index in [0.717, 1.165) is 34.4 Å². The molecule has 0 aliphatic carbocycles. The first kappa shape index (κ1) is 62.6. The van der Waals surface area contributed by atoms with E-state index < -0.39 is 83.2 Å². The first-order valence-electron chi connectivity index (χ1n) is 28.0. The Morgan fingerprint density at radius 3 is 1.70 bits per heavy atom. The molecule has 0 fully saturated rings. The Labute approximate surface area is 477 Å². The number of aliphatic hydroxyl groups excluding tert-OH is 2. The monoisotopic (exact) mass is 1110 g/mol. The normalized spacial score (nSPS) is 14.7. The number of nitrogens with one attached hydrogen (secondary N) is 4. The predicted molar refractivity (Wildman–Crippen MR) is 313 cm³/mol. The zero-order valence-electron chi connectivity index (χ0n) is 48.6. The minimum absolute atomic E-state index is 0.198. The molecule has 81 heavy (non-hydrogen) atoms. The first-order chi connectivity index (χ1) is 38.4. The molecule has 17 heteroatoms. The fourth-order valence-electron chi connectivity index (χ4n) is 9.30. The van der Waals surface area contributed by atoms with Gasteiger partial charge in [-0.1, -0.05) is 164 Å². The molecule has 0 unspecified atom stereocenters. The fourth-order valence-corrected chi connectivity index (χ4v) is 9.30. The summed E-state index contributed by atoms with van der Waals surface area (Å²) in [6, 6.07) is 28.1. The van der Waals surface area contributed by atoms with Crippen LogP contribution < -0.4 is 21.3 Å². The molecule has 0 spiro atoms. The number of hydrogen-bond acceptors (Lipinski definition) is 10. The van der Waals surface area contributed by atoms with Gasteiger partial charge in [-0.2, -0.15) is 0 Å². The van der Waals surface area contributed by atoms with Gasteiger partial charge >= 0.3 is 12.2 Å². The number of rotatable bonds is 26. The van der Waals surface area contributed by atoms with Crippen LogP contribution in [0, 0.1) is 23.6 Å². The lowest BCUT2D eigenvalue weighted by molar-refractivity contribution is -0.132. The Morgan fingerprint density at radius 1 is 0.667 bits per heavy atom. The third kappa shape index (κ3) is 18.4. The zero-order chi connectivity index (χ0) is 59.0. The largest absolute Gasteiger partial charge is 0.444 e. The third-order valence-electron chi connectivity index (χ3n) is 14.5. The van der Waals surface area contributed by atoms with Gasteiger partial charge < -0.3 is 50.1 Å². The van der Waals surface area contributed by atoms with Gasteiger partial charge in [0, 0.05) is 34.4 Å². The van der Waals surface area contributed by atoms with Crippen LogP contribution in [0.1, 0.15) is 129 Å². The van der Waals surface area contributed by atoms with Gasteiger partial charge in [-0.25, -0.2) is 23.9 Å². The van der Waals surface area contributed by atoms with Crippen LogP contribution in [0.15, 0.2) is 140 Å². The van der Waals surface area contributed by atoms with Gasteiger partial charge in [-0.3, -0.25) is 9.59 Å². The van der Waals surface area contributed by atoms with Crippen LogP contribution >= 0.6 is 0 Å². The molecule has 4 amide bonds. The maximum atomic E-state index is 15.1. The minimum atomic E-state index is -1.76. The number of hydrogen-bond donors (Lipinski definition) is 6. The maximum absolute atomic E-state index is 15.1. The van der Waals surface area contributed by atoms with Crippen molar-refractivity contribution in [2.24, 2.45) is 10.8 Å². The van der Waals surface area contributed by atoms with Crippen LogP contribution in [0.5, 0.6) is 0 Å². The van der Waals surface area contributed by atoms with Gasteiger partial charge in [0.2, 0.25) is 0 Å². The molecule has 16 nitrogen and oxygen atoms in total. The Balaban J connectivity index is 1.13. The molecule has 2 aromatic heterocycles. The van der Waals surface area contributed by atoms with Crippen molar-refractivity contribution in [2.75, 3.05) is 0 Å². The molecule has 4 aromatic carbocycles. The molecule has 0 radical (unpaired) electrons. The van der Waals surface area contributed by atoms with Crippen LogP contribution in [0.2, 0.25) is 0 Å². The highest BCUT2D eigenvalue weighted by Gasteiger charge is 2.36. The number of unbranched alkanes of at least 4 members (excludes halogenated alkanes) is 1. The Hall–Kier alpha value is -7.63. The van der Waals surface area contributed by atoms with E-state index in [9.17, 15) is 29.4 Å². The van der Waals surface area contributed by atoms with E-state index in [1.54, 1.807) is 36.4 Å². The van der Waals surface area contributed by atoms with Crippen molar-refractivity contribution in [3.05, 3.63) is 168 Å². The highest BCUT2D eigenvalue weighted by molar-refractivity contribution is 5.84. The van der Waals surface area contributed by atoms with E-state index in [2.05, 4.69) is 37.8 Å². The Kier molecular flexibility index (Phi) is 22.2. The zero-order valence-corrected chi connectivity index (χ0v) is 48.6. The number of carbonyl (C=O) groups is 4. The lowest BCUT2D eigenvalue weighted by Crippen LogP contribution is -2.52. The van der Waals surface area contributed by atoms with Gasteiger partial charge in [0.05, 0.1) is 61.3 Å². The summed E-state index contributed by atoms with van der Waals surface area (Å²) in [6.45, 7) is 24.0. The van der Waals surface area contributed by atoms with Gasteiger partial charge in [-0.05, 0) is 81.3 Å². The van der Waals surface area contributed by atoms with Crippen molar-refractivity contribution in [2.45, 2.75) is 169 Å². The predicted octanol–water partition coefficient (Wildman–Crippen LogP) is 11.1. The Bertz CT molecular complexity index is 3000. The van der Waals surface area contributed by atoms with Crippen LogP contribution in [0.3, 0.4) is 0 Å². The van der Waals surface area contributed by atoms with E-state index in [1.165, 1.54) is 12.1 Å². The standard InChI is InChI=1S/C64H83FN8O8/c1-12-13-27-51(57(74)59(76)68-43(4)45-22-16-14-17-23-45)70-61(78)80-54(63(6,7)8)38-73-36-53(67-40-73)50-33-32-49(65)34-48(50)26-20-21-42(3)56(58(75)60(77)69-44(5)46-24-18-15-19-25-46)71-62(79)81-55(64(9,10)11)37-72-35-52(66-39-72)47-30-28-41(2)29-31-47/h14-19,22-25,28-36,39-40,43-44,51,54-58,74-75H,3,12-13,20-21,26-27,37-38H2,1-2,4-11H3,(H,68,76)(H,69,77)(H,70,78)(H,71,79)/t43-,44-,51+,54-,55-,56+,57+,58-/m1/s1. The molecule has 0 aliphatic heterocycles. The number of aliphatic hydroxyl groups is 2. The fraction of sp³-hybridized carbons (Fsp3) is 0.438. The summed E-state index contributed by atoms with van der Waals surface area (Å²) in [5.74, 6) is -1.79. The highest BCUT2D eigenvalue weighted by Crippen LogP contribution is 2.30. The van der Waals surface area contributed by atoms with Crippen molar-refractivity contribution in [1.82, 2.24) is 40.4 Å². The molecule has 0 aliphatic rings. The van der Waals surface area contributed by atoms with Crippen LogP contribution in [-0.2, 0) is 38.6 Å². The molecule has 0 saturated heterocycles. The summed E-state index contributed by atoms with van der Waals surface area (Å²) in [7, 11) is 0. The summed E-state index contributed by atoms with van der Waals surface area (Å²) in [4.78, 5) is 64.0. The van der Waals surface area contributed by atoms with Gasteiger partial charge in [0.1, 0.15) is 18.0 Å². The van der Waals surface area contributed by atoms with Gasteiger partial charge in [-0.15, -0.1) is 0 Å². The van der Waals surface area contributed by atoms with Crippen LogP contribution in [0.4, 0.5) is 14.0 Å². The number of imidazole rings is 2. The molecule has 8 atom stereocenters. The number of halogens is 1. The molecule has 6 aromatic rings. The second kappa shape index (κ2) is 28.7. The van der Waals surface area contributed by atoms with Crippen molar-refractivity contribution in [3.63, 3.8) is 0 Å². The van der Waals surface area contributed by atoms with Crippen molar-refractivity contribution in [3.8, 4) is 22.5 Å². The molecule has 0 bridgehead atoms. The third-order valence-corrected chi connectivity index (χ3v) is 14.5. The summed E-state index contributed by atoms with van der Waals surface area (Å²) >= 11 is 0. The second-order valence-corrected chi connectivity index (χ2v) is 23.3. The molecular formula is C64H83FN8O8. The summed E-state index contributed by atoms with van der Waals surface area (Å²) in [6.07, 6.45) is 3.41. The van der Waals surface area contributed by atoms with E-state index in [1.807, 2.05) is 158 Å². The second-order valence-electron chi connectivity index (χ2n) is 23.3. The SMILES string of the molecule is C=C(CCCc1cc(F)ccc1-c1cn(C[C@@H](OC(=O)N[C@@H](CCCC)[C@H](O)C(=O)N[C@H](C)c2ccccc2)C(C)(C)C)cn1)[C@H](NC(=O)O[C@H](Cn1cnc(-c2ccc(C)cc2)c1)C(C)(C)C)[C@@H](O)C(=O)N[C@H](C)c1ccccc1. The quantitative estimate of drug-likeness (QED) is 0.0283. The molecule has 0 saturated carbocycles. The van der Waals surface area contributed by atoms with Gasteiger partial charge in [0.25, 0.3) is 11.8 Å². The van der Waals surface area contributed by atoms with Gasteiger partial charge in [0.15, 0.2) is 12.2 Å². The lowest BCUT2D eigenvalue weighted by Gasteiger charge is -2.32. The first-order valence-corrected chi connectivity index (χ1v) is 28.0. The number of amides is 4. The molecule has 2 heterocycles. The lowest BCUT2D eigenvalue weighted by atomic mass is 9.89. The summed E-state index contributed by atoms with van der Waals surface area (Å²) in [5.41, 5.74) is 5.61. The molecular weight excluding hydrogens is 1030 g/mol. The van der Waals surface area contributed by atoms with Crippen molar-refractivity contribution >= 4 is 24.0 Å². The summed E-state index contributed by atoms with van der Waals surface area (Å²) < 4.78 is 30.9. The molecule has 6 rings (SSSR count). The van der Waals surface area contributed by atoms with E-state index in [-0.39, 0.29) is 25.6 Å². The number of aromatic nitrogens is 4. The van der Waals surface area contributed by atoms with Crippen molar-refractivity contribution < 1.29 is 43.3 Å². The van der Waals surface area contributed by atoms with E-state index in [4.69, 9.17) is 9.47 Å². The van der Waals surface area contributed by atoms with Crippen molar-refractivity contribution in [1.29, 1.82) is 0 Å². The number of ether oxygens (including phenoxy) is 2. The molecule has 6 N–H and O–H groups in total. The Morgan fingerprint density at radius 2 is 1.17 bits per heavy atom. The average Bonchev–Trinajstić information content (AvgIpc) is 4.15. The summed E-state index contributed by atoms with van der Waals surface area (Å²) in [5, 5.41) is 34.2. The van der Waals surface area contributed by atoms with Crippen LogP contribution in [0.25, 0.3) is 22.5 Å². The van der Waals surface area contributed by atoms with E-state index in [0.29, 0.717) is 48.1 Å². The number of nitrogens with zero attached hydrogens (tertiary/aromatic N) is 4. The number of aryl methyl sites for hydroxylation is 2. The molecule has 434 valence electrons. The topological polar surface area (TPSA) is 211 Å². The highest BCUT2D eigenvalue weighted by atomic mass is 19.1. The number of benzene rings is 4. The van der Waals surface area contributed by atoms with E-state index >= 15 is 4.39 Å². The smallest absolute Gasteiger partial charge is 0.408 e. The van der Waals surface area contributed by atoms with Crippen LogP contribution in [-0.4, -0.2) is 89.8 Å². The number of carbonyl (C=O) groups excluding carboxylic acids is 4. The maximum Gasteiger partial charge on any atom is 0.408 e. The number of alkyl carbamates (subject to hydrolysis) is 2.